The summed E-state index contributed by atoms with van der Waals surface area (Å²) >= 11 is 1.94. The van der Waals surface area contributed by atoms with E-state index in [9.17, 15) is 9.18 Å². The highest BCUT2D eigenvalue weighted by atomic mass is 127. The molecule has 0 saturated carbocycles. The summed E-state index contributed by atoms with van der Waals surface area (Å²) in [5.74, 6) is 0.618. The fraction of sp³-hybridized carbons (Fsp3) is 0.304. The topological polar surface area (TPSA) is 127 Å². The van der Waals surface area contributed by atoms with Crippen molar-refractivity contribution in [3.05, 3.63) is 57.7 Å². The van der Waals surface area contributed by atoms with E-state index >= 15 is 0 Å². The molecule has 0 atom stereocenters. The van der Waals surface area contributed by atoms with E-state index < -0.39 is 0 Å². The number of carbonyl (C=O) groups excluding carboxylic acids is 1. The third-order valence-electron chi connectivity index (χ3n) is 5.33. The second-order valence-electron chi connectivity index (χ2n) is 8.24. The number of anilines is 1. The third kappa shape index (κ3) is 7.04. The van der Waals surface area contributed by atoms with E-state index in [2.05, 4.69) is 41.3 Å². The van der Waals surface area contributed by atoms with E-state index in [1.54, 1.807) is 31.3 Å². The summed E-state index contributed by atoms with van der Waals surface area (Å²) in [4.78, 5) is 14.7. The Hall–Kier alpha value is -3.46. The normalized spacial score (nSPS) is 11.1. The fourth-order valence-corrected chi connectivity index (χ4v) is 3.93. The van der Waals surface area contributed by atoms with Crippen molar-refractivity contribution in [2.75, 3.05) is 25.5 Å². The molecule has 0 fully saturated rings. The lowest BCUT2D eigenvalue weighted by atomic mass is 10.1. The van der Waals surface area contributed by atoms with Crippen LogP contribution in [-0.2, 0) is 13.6 Å². The highest BCUT2D eigenvalue weighted by Gasteiger charge is 2.15. The molecule has 2 aromatic heterocycles. The van der Waals surface area contributed by atoms with E-state index in [1.807, 2.05) is 35.7 Å². The maximum Gasteiger partial charge on any atom is 0.319 e. The number of nitrogens with one attached hydrogen (secondary N) is 2. The predicted octanol–water partition coefficient (Wildman–Crippen LogP) is 3.70. The van der Waals surface area contributed by atoms with Crippen molar-refractivity contribution in [3.63, 3.8) is 0 Å². The van der Waals surface area contributed by atoms with E-state index in [0.717, 1.165) is 31.5 Å². The van der Waals surface area contributed by atoms with Gasteiger partial charge in [0, 0.05) is 59.5 Å². The molecule has 13 heteroatoms. The number of unbranched alkanes of at least 4 members (excludes halogenated alkanes) is 1. The zero-order chi connectivity index (χ0) is 25.5. The molecule has 2 N–H and O–H groups in total. The van der Waals surface area contributed by atoms with Crippen molar-refractivity contribution in [2.24, 2.45) is 7.05 Å². The average Bonchev–Trinajstić information content (AvgIpc) is 3.48. The summed E-state index contributed by atoms with van der Waals surface area (Å²) in [6, 6.07) is 11.5. The van der Waals surface area contributed by atoms with E-state index in [1.165, 1.54) is 16.8 Å². The predicted molar refractivity (Wildman–Crippen MR) is 139 cm³/mol. The number of carbonyl (C=O) groups is 1. The lowest BCUT2D eigenvalue weighted by Gasteiger charge is -2.16. The molecule has 2 aromatic carbocycles. The Labute approximate surface area is 220 Å². The minimum atomic E-state index is -0.325. The number of aryl methyl sites for hydroxylation is 1. The van der Waals surface area contributed by atoms with Crippen LogP contribution < -0.4 is 10.6 Å². The minimum absolute atomic E-state index is 0.233. The molecule has 0 saturated heterocycles. The molecular weight excluding hydrogens is 580 g/mol. The molecule has 0 unspecified atom stereocenters. The van der Waals surface area contributed by atoms with Crippen LogP contribution in [0.3, 0.4) is 0 Å². The molecular formula is C23H25FIN9O2. The summed E-state index contributed by atoms with van der Waals surface area (Å²) in [6.45, 7) is 2.13. The van der Waals surface area contributed by atoms with Gasteiger partial charge in [0.1, 0.15) is 5.82 Å². The Morgan fingerprint density at radius 1 is 1.11 bits per heavy atom. The summed E-state index contributed by atoms with van der Waals surface area (Å²) in [5, 5.41) is 25.3. The van der Waals surface area contributed by atoms with Gasteiger partial charge in [-0.25, -0.2) is 13.9 Å². The van der Waals surface area contributed by atoms with E-state index in [0.29, 0.717) is 39.0 Å². The SMILES string of the molecule is CN(CCCCNC(=O)Nc1cc(-c2nnc(I)o2)cc(-c2nnnn2C)c1)Cc1ccc(F)cc1. The van der Waals surface area contributed by atoms with Crippen LogP contribution >= 0.6 is 22.6 Å². The van der Waals surface area contributed by atoms with Crippen molar-refractivity contribution in [3.8, 4) is 22.8 Å². The maximum absolute atomic E-state index is 13.0. The maximum atomic E-state index is 13.0. The minimum Gasteiger partial charge on any atom is -0.412 e. The summed E-state index contributed by atoms with van der Waals surface area (Å²) in [7, 11) is 3.75. The molecule has 0 aliphatic carbocycles. The van der Waals surface area contributed by atoms with Crippen molar-refractivity contribution in [1.29, 1.82) is 0 Å². The molecule has 36 heavy (non-hydrogen) atoms. The molecule has 0 spiro atoms. The number of aromatic nitrogens is 6. The van der Waals surface area contributed by atoms with Gasteiger partial charge in [0.15, 0.2) is 5.82 Å². The van der Waals surface area contributed by atoms with Crippen molar-refractivity contribution < 1.29 is 13.6 Å². The fourth-order valence-electron chi connectivity index (χ4n) is 3.61. The smallest absolute Gasteiger partial charge is 0.319 e. The Morgan fingerprint density at radius 3 is 2.58 bits per heavy atom. The second-order valence-corrected chi connectivity index (χ2v) is 9.16. The van der Waals surface area contributed by atoms with Crippen LogP contribution in [0.25, 0.3) is 22.8 Å². The molecule has 0 aliphatic heterocycles. The number of hydrogen-bond donors (Lipinski definition) is 2. The van der Waals surface area contributed by atoms with Gasteiger partial charge >= 0.3 is 6.03 Å². The zero-order valence-electron chi connectivity index (χ0n) is 19.8. The third-order valence-corrected chi connectivity index (χ3v) is 5.77. The van der Waals surface area contributed by atoms with E-state index in [4.69, 9.17) is 4.42 Å². The van der Waals surface area contributed by atoms with Gasteiger partial charge in [0.05, 0.1) is 0 Å². The summed E-state index contributed by atoms with van der Waals surface area (Å²) < 4.78 is 20.5. The summed E-state index contributed by atoms with van der Waals surface area (Å²) in [6.07, 6.45) is 1.73. The number of tetrazole rings is 1. The number of urea groups is 1. The van der Waals surface area contributed by atoms with Gasteiger partial charge in [0.2, 0.25) is 5.89 Å². The Balaban J connectivity index is 1.30. The van der Waals surface area contributed by atoms with Crippen LogP contribution in [0.1, 0.15) is 18.4 Å². The van der Waals surface area contributed by atoms with Gasteiger partial charge in [-0.1, -0.05) is 12.1 Å². The molecule has 4 rings (SSSR count). The number of nitrogens with zero attached hydrogens (tertiary/aromatic N) is 7. The van der Waals surface area contributed by atoms with Gasteiger partial charge < -0.3 is 20.0 Å². The van der Waals surface area contributed by atoms with E-state index in [-0.39, 0.29) is 11.8 Å². The second kappa shape index (κ2) is 12.0. The zero-order valence-corrected chi connectivity index (χ0v) is 21.9. The first kappa shape index (κ1) is 25.6. The number of hydrogen-bond acceptors (Lipinski definition) is 8. The molecule has 4 aromatic rings. The lowest BCUT2D eigenvalue weighted by Crippen LogP contribution is -2.30. The van der Waals surface area contributed by atoms with Crippen LogP contribution in [0.5, 0.6) is 0 Å². The lowest BCUT2D eigenvalue weighted by molar-refractivity contribution is 0.251. The van der Waals surface area contributed by atoms with Crippen LogP contribution in [0.4, 0.5) is 14.9 Å². The first-order chi connectivity index (χ1) is 17.4. The van der Waals surface area contributed by atoms with Gasteiger partial charge in [0.25, 0.3) is 3.90 Å². The Bertz CT molecular complexity index is 1310. The van der Waals surface area contributed by atoms with Crippen LogP contribution in [0, 0.1) is 9.71 Å². The molecule has 0 aliphatic rings. The summed E-state index contributed by atoms with van der Waals surface area (Å²) in [5.41, 5.74) is 2.92. The Morgan fingerprint density at radius 2 is 1.89 bits per heavy atom. The van der Waals surface area contributed by atoms with Gasteiger partial charge in [-0.3, -0.25) is 0 Å². The highest BCUT2D eigenvalue weighted by molar-refractivity contribution is 14.1. The first-order valence-electron chi connectivity index (χ1n) is 11.2. The molecule has 2 amide bonds. The van der Waals surface area contributed by atoms with Crippen LogP contribution in [-0.4, -0.2) is 61.5 Å². The largest absolute Gasteiger partial charge is 0.412 e. The quantitative estimate of drug-likeness (QED) is 0.207. The molecule has 0 radical (unpaired) electrons. The van der Waals surface area contributed by atoms with Crippen molar-refractivity contribution in [1.82, 2.24) is 40.6 Å². The molecule has 11 nitrogen and oxygen atoms in total. The highest BCUT2D eigenvalue weighted by Crippen LogP contribution is 2.28. The van der Waals surface area contributed by atoms with Gasteiger partial charge in [-0.15, -0.1) is 15.3 Å². The Kier molecular flexibility index (Phi) is 8.53. The van der Waals surface area contributed by atoms with Gasteiger partial charge in [-0.2, -0.15) is 0 Å². The van der Waals surface area contributed by atoms with Crippen molar-refractivity contribution >= 4 is 34.3 Å². The molecule has 188 valence electrons. The first-order valence-corrected chi connectivity index (χ1v) is 12.3. The van der Waals surface area contributed by atoms with Gasteiger partial charge in [-0.05, 0) is 72.8 Å². The molecule has 0 bridgehead atoms. The number of halogens is 2. The van der Waals surface area contributed by atoms with Crippen molar-refractivity contribution in [2.45, 2.75) is 19.4 Å². The number of rotatable bonds is 10. The average molecular weight is 605 g/mol. The number of benzene rings is 2. The number of amides is 2. The van der Waals surface area contributed by atoms with Crippen LogP contribution in [0.15, 0.2) is 46.9 Å². The molecule has 2 heterocycles. The standard InChI is InChI=1S/C23H25FIN9O2/c1-33(14-15-5-7-18(24)8-6-15)10-4-3-9-26-23(35)27-19-12-16(20-28-31-32-34(20)2)11-17(13-19)21-29-30-22(25)36-21/h5-8,11-13H,3-4,9-10,14H2,1-2H3,(H2,26,27,35). The monoisotopic (exact) mass is 605 g/mol. The van der Waals surface area contributed by atoms with Crippen LogP contribution in [0.2, 0.25) is 0 Å².